The molecule has 6 heteroatoms. The predicted octanol–water partition coefficient (Wildman–Crippen LogP) is 5.19. The quantitative estimate of drug-likeness (QED) is 0.289. The number of rotatable bonds is 14. The number of carbonyl (C=O) groups is 2. The smallest absolute Gasteiger partial charge is 0.238 e. The van der Waals surface area contributed by atoms with E-state index in [4.69, 9.17) is 5.73 Å². The summed E-state index contributed by atoms with van der Waals surface area (Å²) in [7, 11) is 0. The van der Waals surface area contributed by atoms with Gasteiger partial charge >= 0.3 is 0 Å². The maximum absolute atomic E-state index is 14.9. The Hall–Kier alpha value is -2.70. The van der Waals surface area contributed by atoms with Gasteiger partial charge in [-0.3, -0.25) is 9.59 Å². The lowest BCUT2D eigenvalue weighted by Crippen LogP contribution is -2.68. The van der Waals surface area contributed by atoms with E-state index in [-0.39, 0.29) is 5.91 Å². The van der Waals surface area contributed by atoms with Gasteiger partial charge in [0.15, 0.2) is 0 Å². The molecule has 2 unspecified atom stereocenters. The minimum absolute atomic E-state index is 0.352. The van der Waals surface area contributed by atoms with Crippen LogP contribution in [0.3, 0.4) is 0 Å². The van der Waals surface area contributed by atoms with E-state index in [1.807, 2.05) is 88.4 Å². The first-order valence-corrected chi connectivity index (χ1v) is 14.8. The Kier molecular flexibility index (Phi) is 10.4. The molecular weight excluding hydrogens is 488 g/mol. The van der Waals surface area contributed by atoms with Crippen molar-refractivity contribution in [1.29, 1.82) is 0 Å². The van der Waals surface area contributed by atoms with Crippen molar-refractivity contribution >= 4 is 11.8 Å². The van der Waals surface area contributed by atoms with E-state index in [0.717, 1.165) is 24.0 Å². The highest BCUT2D eigenvalue weighted by atomic mass is 16.3. The van der Waals surface area contributed by atoms with Gasteiger partial charge in [-0.1, -0.05) is 101 Å². The summed E-state index contributed by atoms with van der Waals surface area (Å²) in [6.45, 7) is 7.73. The Bertz CT molecular complexity index is 994. The number of carbonyl (C=O) groups excluding carboxylic acids is 2. The number of aliphatic hydroxyl groups is 2. The van der Waals surface area contributed by atoms with Crippen molar-refractivity contribution in [1.82, 2.24) is 4.90 Å². The van der Waals surface area contributed by atoms with Gasteiger partial charge in [0.2, 0.25) is 11.8 Å². The van der Waals surface area contributed by atoms with Gasteiger partial charge in [-0.05, 0) is 62.5 Å². The van der Waals surface area contributed by atoms with Crippen molar-refractivity contribution in [2.75, 3.05) is 0 Å². The molecule has 0 heterocycles. The third kappa shape index (κ3) is 6.38. The second-order valence-electron chi connectivity index (χ2n) is 11.4. The SMILES string of the molecule is CCC(O)(CC)C(Cc1ccccc1)N(C(=O)C1(C(N)=O)CCCC1)C(Cc1ccccc1)C(O)(CC)CC. The molecule has 1 saturated carbocycles. The molecule has 214 valence electrons. The summed E-state index contributed by atoms with van der Waals surface area (Å²) in [5.74, 6) is -0.963. The van der Waals surface area contributed by atoms with E-state index in [1.165, 1.54) is 0 Å². The molecule has 2 amide bonds. The van der Waals surface area contributed by atoms with Crippen molar-refractivity contribution in [2.45, 2.75) is 115 Å². The summed E-state index contributed by atoms with van der Waals surface area (Å²) in [6, 6.07) is 18.4. The second kappa shape index (κ2) is 13.1. The lowest BCUT2D eigenvalue weighted by molar-refractivity contribution is -0.171. The van der Waals surface area contributed by atoms with Crippen LogP contribution in [0.1, 0.15) is 90.2 Å². The van der Waals surface area contributed by atoms with Crippen LogP contribution < -0.4 is 5.73 Å². The van der Waals surface area contributed by atoms with Gasteiger partial charge in [0.1, 0.15) is 5.41 Å². The highest BCUT2D eigenvalue weighted by Crippen LogP contribution is 2.44. The van der Waals surface area contributed by atoms with Crippen LogP contribution >= 0.6 is 0 Å². The molecule has 0 bridgehead atoms. The Labute approximate surface area is 234 Å². The van der Waals surface area contributed by atoms with Crippen LogP contribution in [0, 0.1) is 5.41 Å². The summed E-state index contributed by atoms with van der Waals surface area (Å²) in [5, 5.41) is 24.3. The third-order valence-electron chi connectivity index (χ3n) is 9.48. The van der Waals surface area contributed by atoms with Crippen LogP contribution in [-0.4, -0.2) is 50.2 Å². The fourth-order valence-corrected chi connectivity index (χ4v) is 6.50. The van der Waals surface area contributed by atoms with Crippen LogP contribution in [0.2, 0.25) is 0 Å². The summed E-state index contributed by atoms with van der Waals surface area (Å²) >= 11 is 0. The largest absolute Gasteiger partial charge is 0.388 e. The molecule has 1 aliphatic rings. The van der Waals surface area contributed by atoms with Crippen molar-refractivity contribution in [2.24, 2.45) is 11.1 Å². The molecule has 2 aromatic carbocycles. The maximum Gasteiger partial charge on any atom is 0.238 e. The van der Waals surface area contributed by atoms with E-state index in [0.29, 0.717) is 51.4 Å². The first kappa shape index (κ1) is 30.8. The molecule has 0 saturated heterocycles. The van der Waals surface area contributed by atoms with Crippen LogP contribution in [0.5, 0.6) is 0 Å². The zero-order valence-corrected chi connectivity index (χ0v) is 24.2. The average molecular weight is 537 g/mol. The number of hydrogen-bond acceptors (Lipinski definition) is 4. The van der Waals surface area contributed by atoms with E-state index in [9.17, 15) is 19.8 Å². The maximum atomic E-state index is 14.9. The average Bonchev–Trinajstić information content (AvgIpc) is 3.48. The lowest BCUT2D eigenvalue weighted by Gasteiger charge is -2.52. The third-order valence-corrected chi connectivity index (χ3v) is 9.48. The number of hydrogen-bond donors (Lipinski definition) is 3. The first-order chi connectivity index (χ1) is 18.6. The molecule has 2 aromatic rings. The van der Waals surface area contributed by atoms with Gasteiger partial charge in [0, 0.05) is 0 Å². The number of primary amides is 1. The zero-order valence-electron chi connectivity index (χ0n) is 24.2. The zero-order chi connectivity index (χ0) is 28.7. The fourth-order valence-electron chi connectivity index (χ4n) is 6.50. The number of nitrogens with zero attached hydrogens (tertiary/aromatic N) is 1. The summed E-state index contributed by atoms with van der Waals surface area (Å²) in [6.07, 6.45) is 4.74. The van der Waals surface area contributed by atoms with Crippen molar-refractivity contribution in [3.63, 3.8) is 0 Å². The molecule has 1 aliphatic carbocycles. The van der Waals surface area contributed by atoms with Crippen molar-refractivity contribution in [3.8, 4) is 0 Å². The van der Waals surface area contributed by atoms with Crippen molar-refractivity contribution in [3.05, 3.63) is 71.8 Å². The van der Waals surface area contributed by atoms with Gasteiger partial charge in [0.05, 0.1) is 23.3 Å². The summed E-state index contributed by atoms with van der Waals surface area (Å²) in [5.41, 5.74) is 4.17. The van der Waals surface area contributed by atoms with Crippen LogP contribution in [0.15, 0.2) is 60.7 Å². The monoisotopic (exact) mass is 536 g/mol. The van der Waals surface area contributed by atoms with Crippen LogP contribution in [-0.2, 0) is 22.4 Å². The highest BCUT2D eigenvalue weighted by Gasteiger charge is 2.56. The Morgan fingerprint density at radius 3 is 1.44 bits per heavy atom. The van der Waals surface area contributed by atoms with E-state index < -0.39 is 34.6 Å². The normalized spacial score (nSPS) is 17.0. The molecule has 0 spiro atoms. The van der Waals surface area contributed by atoms with Crippen LogP contribution in [0.25, 0.3) is 0 Å². The van der Waals surface area contributed by atoms with Gasteiger partial charge in [-0.15, -0.1) is 0 Å². The molecule has 0 aromatic heterocycles. The van der Waals surface area contributed by atoms with E-state index >= 15 is 0 Å². The van der Waals surface area contributed by atoms with Gasteiger partial charge in [-0.2, -0.15) is 0 Å². The molecule has 1 fully saturated rings. The van der Waals surface area contributed by atoms with E-state index in [2.05, 4.69) is 0 Å². The van der Waals surface area contributed by atoms with Crippen molar-refractivity contribution < 1.29 is 19.8 Å². The number of benzene rings is 2. The Morgan fingerprint density at radius 1 is 0.769 bits per heavy atom. The number of amides is 2. The topological polar surface area (TPSA) is 104 Å². The lowest BCUT2D eigenvalue weighted by atomic mass is 9.75. The summed E-state index contributed by atoms with van der Waals surface area (Å²) < 4.78 is 0. The molecule has 0 aliphatic heterocycles. The van der Waals surface area contributed by atoms with Gasteiger partial charge < -0.3 is 20.8 Å². The molecule has 3 rings (SSSR count). The highest BCUT2D eigenvalue weighted by molar-refractivity contribution is 6.05. The number of nitrogens with two attached hydrogens (primary N) is 1. The van der Waals surface area contributed by atoms with E-state index in [1.54, 1.807) is 4.90 Å². The first-order valence-electron chi connectivity index (χ1n) is 14.8. The minimum Gasteiger partial charge on any atom is -0.388 e. The minimum atomic E-state index is -1.34. The standard InChI is InChI=1S/C33H48N2O4/c1-5-32(38,6-2)27(23-25-17-11-9-12-18-25)35(30(37)31(29(34)36)21-15-16-22-31)28(33(39,7-3)8-4)24-26-19-13-10-14-20-26/h9-14,17-20,27-28,38-39H,5-8,15-16,21-24H2,1-4H3,(H2,34,36). The molecule has 6 nitrogen and oxygen atoms in total. The predicted molar refractivity (Wildman–Crippen MR) is 156 cm³/mol. The van der Waals surface area contributed by atoms with Crippen LogP contribution in [0.4, 0.5) is 0 Å². The Morgan fingerprint density at radius 2 is 1.13 bits per heavy atom. The molecule has 2 atom stereocenters. The second-order valence-corrected chi connectivity index (χ2v) is 11.4. The molecular formula is C33H48N2O4. The van der Waals surface area contributed by atoms with Gasteiger partial charge in [0.25, 0.3) is 0 Å². The summed E-state index contributed by atoms with van der Waals surface area (Å²) in [4.78, 5) is 29.7. The molecule has 4 N–H and O–H groups in total. The Balaban J connectivity index is 2.31. The fraction of sp³-hybridized carbons (Fsp3) is 0.576. The molecule has 0 radical (unpaired) electrons. The molecule has 39 heavy (non-hydrogen) atoms. The van der Waals surface area contributed by atoms with Gasteiger partial charge in [-0.25, -0.2) is 0 Å².